The van der Waals surface area contributed by atoms with Crippen molar-refractivity contribution in [3.05, 3.63) is 63.6 Å². The van der Waals surface area contributed by atoms with Crippen molar-refractivity contribution in [2.24, 2.45) is 5.10 Å². The number of hydrogen-bond donors (Lipinski definition) is 1. The van der Waals surface area contributed by atoms with Gasteiger partial charge in [-0.1, -0.05) is 37.3 Å². The molecule has 23 heavy (non-hydrogen) atoms. The van der Waals surface area contributed by atoms with Gasteiger partial charge < -0.3 is 4.74 Å². The summed E-state index contributed by atoms with van der Waals surface area (Å²) in [5, 5.41) is 3.93. The Labute approximate surface area is 144 Å². The molecule has 0 atom stereocenters. The lowest BCUT2D eigenvalue weighted by Crippen LogP contribution is -2.24. The van der Waals surface area contributed by atoms with Crippen LogP contribution in [0.4, 0.5) is 0 Å². The number of amides is 1. The van der Waals surface area contributed by atoms with Gasteiger partial charge in [0.15, 0.2) is 6.61 Å². The molecule has 0 heterocycles. The second kappa shape index (κ2) is 8.48. The molecule has 2 rings (SSSR count). The van der Waals surface area contributed by atoms with Crippen LogP contribution in [-0.2, 0) is 11.2 Å². The molecule has 2 aromatic rings. The van der Waals surface area contributed by atoms with Gasteiger partial charge in [0.05, 0.1) is 10.7 Å². The van der Waals surface area contributed by atoms with Gasteiger partial charge in [-0.15, -0.1) is 0 Å². The van der Waals surface area contributed by atoms with Crippen LogP contribution in [0.3, 0.4) is 0 Å². The first-order valence-corrected chi connectivity index (χ1v) is 8.17. The maximum atomic E-state index is 11.7. The molecule has 1 amide bonds. The Kier molecular flexibility index (Phi) is 6.35. The van der Waals surface area contributed by atoms with E-state index in [0.29, 0.717) is 5.75 Å². The number of hydrogen-bond acceptors (Lipinski definition) is 3. The number of nitrogens with zero attached hydrogens (tertiary/aromatic N) is 1. The molecule has 4 nitrogen and oxygen atoms in total. The minimum absolute atomic E-state index is 0.0895. The Balaban J connectivity index is 1.81. The standard InChI is InChI=1S/C18H19BrN2O2/c1-3-14-5-7-15(8-6-14)11-20-21-18(22)12-23-17-9-4-13(2)10-16(17)19/h4-11H,3,12H2,1-2H3,(H,21,22). The van der Waals surface area contributed by atoms with Gasteiger partial charge in [0.2, 0.25) is 0 Å². The number of nitrogens with one attached hydrogen (secondary N) is 1. The van der Waals surface area contributed by atoms with Crippen molar-refractivity contribution in [2.45, 2.75) is 20.3 Å². The van der Waals surface area contributed by atoms with Gasteiger partial charge in [0.25, 0.3) is 5.91 Å². The summed E-state index contributed by atoms with van der Waals surface area (Å²) in [7, 11) is 0. The fourth-order valence-corrected chi connectivity index (χ4v) is 2.52. The third-order valence-electron chi connectivity index (χ3n) is 3.24. The van der Waals surface area contributed by atoms with Crippen LogP contribution in [0.2, 0.25) is 0 Å². The van der Waals surface area contributed by atoms with Crippen LogP contribution in [0.25, 0.3) is 0 Å². The molecule has 0 saturated carbocycles. The molecule has 0 bridgehead atoms. The molecule has 0 aliphatic carbocycles. The Morgan fingerprint density at radius 1 is 1.26 bits per heavy atom. The van der Waals surface area contributed by atoms with E-state index in [0.717, 1.165) is 22.0 Å². The van der Waals surface area contributed by atoms with E-state index < -0.39 is 0 Å². The van der Waals surface area contributed by atoms with Gasteiger partial charge in [0.1, 0.15) is 5.75 Å². The highest BCUT2D eigenvalue weighted by molar-refractivity contribution is 9.10. The maximum Gasteiger partial charge on any atom is 0.277 e. The third-order valence-corrected chi connectivity index (χ3v) is 3.86. The summed E-state index contributed by atoms with van der Waals surface area (Å²) in [4.78, 5) is 11.7. The minimum Gasteiger partial charge on any atom is -0.483 e. The number of rotatable bonds is 6. The van der Waals surface area contributed by atoms with E-state index in [1.807, 2.05) is 49.4 Å². The highest BCUT2D eigenvalue weighted by atomic mass is 79.9. The molecule has 0 fully saturated rings. The van der Waals surface area contributed by atoms with Crippen molar-refractivity contribution < 1.29 is 9.53 Å². The number of carbonyl (C=O) groups is 1. The predicted octanol–water partition coefficient (Wildman–Crippen LogP) is 3.85. The van der Waals surface area contributed by atoms with E-state index in [-0.39, 0.29) is 12.5 Å². The first-order chi connectivity index (χ1) is 11.1. The quantitative estimate of drug-likeness (QED) is 0.616. The summed E-state index contributed by atoms with van der Waals surface area (Å²) in [5.41, 5.74) is 5.77. The van der Waals surface area contributed by atoms with Crippen LogP contribution in [0.15, 0.2) is 52.0 Å². The van der Waals surface area contributed by atoms with E-state index >= 15 is 0 Å². The lowest BCUT2D eigenvalue weighted by atomic mass is 10.1. The Hall–Kier alpha value is -2.14. The Morgan fingerprint density at radius 3 is 2.65 bits per heavy atom. The van der Waals surface area contributed by atoms with Crippen LogP contribution in [0.1, 0.15) is 23.6 Å². The lowest BCUT2D eigenvalue weighted by molar-refractivity contribution is -0.123. The molecule has 2 aromatic carbocycles. The van der Waals surface area contributed by atoms with Crippen molar-refractivity contribution in [3.8, 4) is 5.75 Å². The first kappa shape index (κ1) is 17.2. The van der Waals surface area contributed by atoms with Crippen LogP contribution in [0.5, 0.6) is 5.75 Å². The molecule has 0 spiro atoms. The largest absolute Gasteiger partial charge is 0.483 e. The molecule has 0 aliphatic heterocycles. The van der Waals surface area contributed by atoms with Gasteiger partial charge in [-0.2, -0.15) is 5.10 Å². The third kappa shape index (κ3) is 5.53. The molecule has 1 N–H and O–H groups in total. The zero-order valence-corrected chi connectivity index (χ0v) is 14.8. The van der Waals surface area contributed by atoms with E-state index in [4.69, 9.17) is 4.74 Å². The Bertz CT molecular complexity index is 697. The van der Waals surface area contributed by atoms with Crippen LogP contribution >= 0.6 is 15.9 Å². The predicted molar refractivity (Wildman–Crippen MR) is 95.9 cm³/mol. The summed E-state index contributed by atoms with van der Waals surface area (Å²) >= 11 is 3.41. The van der Waals surface area contributed by atoms with Crippen molar-refractivity contribution in [2.75, 3.05) is 6.61 Å². The van der Waals surface area contributed by atoms with Crippen molar-refractivity contribution in [1.82, 2.24) is 5.43 Å². The smallest absolute Gasteiger partial charge is 0.277 e. The summed E-state index contributed by atoms with van der Waals surface area (Å²) in [6.45, 7) is 4.01. The number of carbonyl (C=O) groups excluding carboxylic acids is 1. The van der Waals surface area contributed by atoms with Gasteiger partial charge in [-0.3, -0.25) is 4.79 Å². The molecular weight excluding hydrogens is 356 g/mol. The number of hydrazone groups is 1. The fourth-order valence-electron chi connectivity index (χ4n) is 1.92. The second-order valence-corrected chi connectivity index (χ2v) is 5.97. The van der Waals surface area contributed by atoms with E-state index in [9.17, 15) is 4.79 Å². The van der Waals surface area contributed by atoms with Crippen molar-refractivity contribution in [3.63, 3.8) is 0 Å². The Morgan fingerprint density at radius 2 is 2.00 bits per heavy atom. The fraction of sp³-hybridized carbons (Fsp3) is 0.222. The highest BCUT2D eigenvalue weighted by Crippen LogP contribution is 2.25. The maximum absolute atomic E-state index is 11.7. The van der Waals surface area contributed by atoms with Crippen LogP contribution < -0.4 is 10.2 Å². The van der Waals surface area contributed by atoms with Crippen molar-refractivity contribution in [1.29, 1.82) is 0 Å². The zero-order chi connectivity index (χ0) is 16.7. The van der Waals surface area contributed by atoms with Crippen molar-refractivity contribution >= 4 is 28.1 Å². The molecule has 0 radical (unpaired) electrons. The zero-order valence-electron chi connectivity index (χ0n) is 13.2. The highest BCUT2D eigenvalue weighted by Gasteiger charge is 2.04. The average molecular weight is 375 g/mol. The lowest BCUT2D eigenvalue weighted by Gasteiger charge is -2.07. The SMILES string of the molecule is CCc1ccc(C=NNC(=O)COc2ccc(C)cc2Br)cc1. The molecule has 0 saturated heterocycles. The first-order valence-electron chi connectivity index (χ1n) is 7.38. The van der Waals surface area contributed by atoms with E-state index in [2.05, 4.69) is 33.4 Å². The summed E-state index contributed by atoms with van der Waals surface area (Å²) < 4.78 is 6.28. The second-order valence-electron chi connectivity index (χ2n) is 5.11. The number of halogens is 1. The van der Waals surface area contributed by atoms with E-state index in [1.165, 1.54) is 5.56 Å². The van der Waals surface area contributed by atoms with Gasteiger partial charge in [-0.25, -0.2) is 5.43 Å². The monoisotopic (exact) mass is 374 g/mol. The average Bonchev–Trinajstić information content (AvgIpc) is 2.54. The molecule has 0 unspecified atom stereocenters. The normalized spacial score (nSPS) is 10.7. The van der Waals surface area contributed by atoms with Crippen LogP contribution in [-0.4, -0.2) is 18.7 Å². The molecule has 120 valence electrons. The van der Waals surface area contributed by atoms with E-state index in [1.54, 1.807) is 6.21 Å². The number of benzene rings is 2. The number of aryl methyl sites for hydroxylation is 2. The molecular formula is C18H19BrN2O2. The molecule has 0 aromatic heterocycles. The number of ether oxygens (including phenoxy) is 1. The molecule has 5 heteroatoms. The summed E-state index contributed by atoms with van der Waals surface area (Å²) in [6.07, 6.45) is 2.61. The van der Waals surface area contributed by atoms with Gasteiger partial charge in [-0.05, 0) is 58.1 Å². The topological polar surface area (TPSA) is 50.7 Å². The summed E-state index contributed by atoms with van der Waals surface area (Å²) in [5.74, 6) is 0.323. The van der Waals surface area contributed by atoms with Gasteiger partial charge >= 0.3 is 0 Å². The summed E-state index contributed by atoms with van der Waals surface area (Å²) in [6, 6.07) is 13.7. The molecule has 0 aliphatic rings. The van der Waals surface area contributed by atoms with Gasteiger partial charge in [0, 0.05) is 0 Å². The minimum atomic E-state index is -0.307. The van der Waals surface area contributed by atoms with Crippen LogP contribution in [0, 0.1) is 6.92 Å².